The van der Waals surface area contributed by atoms with Gasteiger partial charge in [0.05, 0.1) is 10.6 Å². The van der Waals surface area contributed by atoms with Gasteiger partial charge in [-0.05, 0) is 85.6 Å². The summed E-state index contributed by atoms with van der Waals surface area (Å²) in [5.74, 6) is 0.278. The summed E-state index contributed by atoms with van der Waals surface area (Å²) in [5, 5.41) is 2.83. The molecule has 0 saturated carbocycles. The Morgan fingerprint density at radius 3 is 2.37 bits per heavy atom. The summed E-state index contributed by atoms with van der Waals surface area (Å²) in [7, 11) is -3.73. The maximum absolute atomic E-state index is 12.7. The van der Waals surface area contributed by atoms with E-state index in [-0.39, 0.29) is 10.8 Å². The molecule has 0 aliphatic heterocycles. The number of carbonyl (C=O) groups is 1. The van der Waals surface area contributed by atoms with E-state index in [1.807, 2.05) is 32.0 Å². The molecule has 0 saturated heterocycles. The number of hydrogen-bond donors (Lipinski definition) is 2. The maximum Gasteiger partial charge on any atom is 0.261 e. The number of sulfonamides is 1. The molecule has 1 heterocycles. The quantitative estimate of drug-likeness (QED) is 0.350. The van der Waals surface area contributed by atoms with Crippen LogP contribution in [0, 0.1) is 13.8 Å². The molecule has 4 rings (SSSR count). The number of nitrogens with one attached hydrogen (secondary N) is 2. The lowest BCUT2D eigenvalue weighted by Gasteiger charge is -2.11. The Hall–Kier alpha value is -4.17. The highest BCUT2D eigenvalue weighted by molar-refractivity contribution is 7.92. The van der Waals surface area contributed by atoms with Crippen LogP contribution in [0.15, 0.2) is 96.0 Å². The fourth-order valence-corrected chi connectivity index (χ4v) is 4.44. The van der Waals surface area contributed by atoms with Crippen molar-refractivity contribution in [1.82, 2.24) is 4.98 Å². The molecule has 178 valence electrons. The Labute approximate surface area is 204 Å². The van der Waals surface area contributed by atoms with E-state index < -0.39 is 10.0 Å². The first-order chi connectivity index (χ1) is 16.8. The number of hydrogen-bond acceptors (Lipinski definition) is 5. The van der Waals surface area contributed by atoms with Gasteiger partial charge in [-0.25, -0.2) is 8.42 Å². The summed E-state index contributed by atoms with van der Waals surface area (Å²) in [4.78, 5) is 17.1. The first-order valence-corrected chi connectivity index (χ1v) is 12.4. The number of aryl methyl sites for hydroxylation is 2. The zero-order chi connectivity index (χ0) is 24.8. The van der Waals surface area contributed by atoms with Gasteiger partial charge in [0.25, 0.3) is 15.9 Å². The predicted octanol–water partition coefficient (Wildman–Crippen LogP) is 5.33. The zero-order valence-corrected chi connectivity index (χ0v) is 20.2. The number of carbonyl (C=O) groups excluding carboxylic acids is 1. The molecule has 0 atom stereocenters. The Bertz CT molecular complexity index is 1440. The molecular formula is C27H25N3O4S. The number of anilines is 2. The molecule has 8 heteroatoms. The smallest absolute Gasteiger partial charge is 0.261 e. The van der Waals surface area contributed by atoms with E-state index in [1.165, 1.54) is 0 Å². The summed E-state index contributed by atoms with van der Waals surface area (Å²) in [5.41, 5.74) is 4.04. The topological polar surface area (TPSA) is 97.4 Å². The van der Waals surface area contributed by atoms with Crippen molar-refractivity contribution in [2.45, 2.75) is 25.3 Å². The third-order valence-corrected chi connectivity index (χ3v) is 6.77. The Morgan fingerprint density at radius 2 is 1.66 bits per heavy atom. The van der Waals surface area contributed by atoms with Crippen LogP contribution in [0.2, 0.25) is 0 Å². The van der Waals surface area contributed by atoms with Gasteiger partial charge in [0.2, 0.25) is 0 Å². The van der Waals surface area contributed by atoms with Gasteiger partial charge in [-0.1, -0.05) is 18.2 Å². The predicted molar refractivity (Wildman–Crippen MR) is 136 cm³/mol. The van der Waals surface area contributed by atoms with Gasteiger partial charge >= 0.3 is 0 Å². The van der Waals surface area contributed by atoms with Crippen molar-refractivity contribution in [2.24, 2.45) is 0 Å². The molecule has 0 radical (unpaired) electrons. The summed E-state index contributed by atoms with van der Waals surface area (Å²) in [6, 6.07) is 23.9. The lowest BCUT2D eigenvalue weighted by molar-refractivity contribution is 0.102. The number of ether oxygens (including phenoxy) is 1. The molecule has 0 aliphatic rings. The summed E-state index contributed by atoms with van der Waals surface area (Å²) >= 11 is 0. The van der Waals surface area contributed by atoms with Crippen molar-refractivity contribution in [3.8, 4) is 5.75 Å². The van der Waals surface area contributed by atoms with Crippen LogP contribution in [0.5, 0.6) is 5.75 Å². The Balaban J connectivity index is 1.39. The fourth-order valence-electron chi connectivity index (χ4n) is 3.29. The number of nitrogens with zero attached hydrogens (tertiary/aromatic N) is 1. The van der Waals surface area contributed by atoms with Crippen LogP contribution < -0.4 is 14.8 Å². The second kappa shape index (κ2) is 10.4. The molecule has 2 N–H and O–H groups in total. The van der Waals surface area contributed by atoms with Gasteiger partial charge in [0, 0.05) is 29.2 Å². The second-order valence-electron chi connectivity index (χ2n) is 8.02. The van der Waals surface area contributed by atoms with Crippen molar-refractivity contribution < 1.29 is 17.9 Å². The van der Waals surface area contributed by atoms with Crippen molar-refractivity contribution >= 4 is 27.3 Å². The molecule has 3 aromatic carbocycles. The first kappa shape index (κ1) is 24.0. The van der Waals surface area contributed by atoms with E-state index in [2.05, 4.69) is 15.0 Å². The molecule has 1 aromatic heterocycles. The highest BCUT2D eigenvalue weighted by Crippen LogP contribution is 2.21. The average Bonchev–Trinajstić information content (AvgIpc) is 2.85. The highest BCUT2D eigenvalue weighted by Gasteiger charge is 2.15. The minimum absolute atomic E-state index is 0.188. The van der Waals surface area contributed by atoms with Gasteiger partial charge in [-0.15, -0.1) is 0 Å². The van der Waals surface area contributed by atoms with Gasteiger partial charge in [0.15, 0.2) is 0 Å². The minimum atomic E-state index is -3.73. The van der Waals surface area contributed by atoms with Crippen molar-refractivity contribution in [3.63, 3.8) is 0 Å². The van der Waals surface area contributed by atoms with Gasteiger partial charge < -0.3 is 10.1 Å². The average molecular weight is 488 g/mol. The summed E-state index contributed by atoms with van der Waals surface area (Å²) in [6.07, 6.45) is 1.70. The van der Waals surface area contributed by atoms with Crippen molar-refractivity contribution in [3.05, 3.63) is 114 Å². The van der Waals surface area contributed by atoms with Crippen LogP contribution in [0.25, 0.3) is 0 Å². The number of amides is 1. The molecule has 0 fully saturated rings. The molecule has 0 aliphatic carbocycles. The van der Waals surface area contributed by atoms with Crippen LogP contribution in [-0.4, -0.2) is 19.3 Å². The van der Waals surface area contributed by atoms with Gasteiger partial charge in [0.1, 0.15) is 12.4 Å². The molecular weight excluding hydrogens is 462 g/mol. The monoisotopic (exact) mass is 487 g/mol. The molecule has 1 amide bonds. The third-order valence-electron chi connectivity index (χ3n) is 5.39. The van der Waals surface area contributed by atoms with Gasteiger partial charge in [-0.3, -0.25) is 14.5 Å². The van der Waals surface area contributed by atoms with E-state index in [0.717, 1.165) is 16.8 Å². The van der Waals surface area contributed by atoms with Crippen LogP contribution in [0.4, 0.5) is 11.4 Å². The minimum Gasteiger partial charge on any atom is -0.487 e. The Kier molecular flexibility index (Phi) is 7.12. The van der Waals surface area contributed by atoms with E-state index >= 15 is 0 Å². The maximum atomic E-state index is 12.7. The van der Waals surface area contributed by atoms with Gasteiger partial charge in [-0.2, -0.15) is 0 Å². The largest absolute Gasteiger partial charge is 0.487 e. The Morgan fingerprint density at radius 1 is 0.857 bits per heavy atom. The number of aromatic nitrogens is 1. The normalized spacial score (nSPS) is 11.0. The third kappa shape index (κ3) is 6.24. The van der Waals surface area contributed by atoms with Crippen LogP contribution in [0.1, 0.15) is 27.2 Å². The SMILES string of the molecule is Cc1ccc(S(=O)(=O)Nc2ccc(C(=O)Nc3cccc(OCc4ccccn4)c3)cc2)cc1C. The van der Waals surface area contributed by atoms with E-state index in [4.69, 9.17) is 4.74 Å². The van der Waals surface area contributed by atoms with E-state index in [9.17, 15) is 13.2 Å². The lowest BCUT2D eigenvalue weighted by atomic mass is 10.1. The number of rotatable bonds is 8. The number of benzene rings is 3. The molecule has 0 spiro atoms. The van der Waals surface area contributed by atoms with E-state index in [0.29, 0.717) is 29.3 Å². The van der Waals surface area contributed by atoms with Crippen LogP contribution in [-0.2, 0) is 16.6 Å². The molecule has 7 nitrogen and oxygen atoms in total. The van der Waals surface area contributed by atoms with Crippen LogP contribution in [0.3, 0.4) is 0 Å². The molecule has 0 unspecified atom stereocenters. The van der Waals surface area contributed by atoms with E-state index in [1.54, 1.807) is 72.9 Å². The lowest BCUT2D eigenvalue weighted by Crippen LogP contribution is -2.14. The molecule has 0 bridgehead atoms. The summed E-state index contributed by atoms with van der Waals surface area (Å²) in [6.45, 7) is 4.11. The zero-order valence-electron chi connectivity index (χ0n) is 19.4. The van der Waals surface area contributed by atoms with Crippen molar-refractivity contribution in [2.75, 3.05) is 10.0 Å². The second-order valence-corrected chi connectivity index (χ2v) is 9.70. The summed E-state index contributed by atoms with van der Waals surface area (Å²) < 4.78 is 33.7. The molecule has 35 heavy (non-hydrogen) atoms. The molecule has 4 aromatic rings. The highest BCUT2D eigenvalue weighted by atomic mass is 32.2. The first-order valence-electron chi connectivity index (χ1n) is 10.9. The number of pyridine rings is 1. The fraction of sp³-hybridized carbons (Fsp3) is 0.111. The van der Waals surface area contributed by atoms with Crippen LogP contribution >= 0.6 is 0 Å². The van der Waals surface area contributed by atoms with Crippen molar-refractivity contribution in [1.29, 1.82) is 0 Å². The standard InChI is InChI=1S/C27H25N3O4S/c1-19-9-14-26(16-20(19)2)35(32,33)30-22-12-10-21(11-13-22)27(31)29-23-7-5-8-25(17-23)34-18-24-6-3-4-15-28-24/h3-17,30H,18H2,1-2H3,(H,29,31).